The van der Waals surface area contributed by atoms with Gasteiger partial charge in [-0.25, -0.2) is 9.97 Å². The fraction of sp³-hybridized carbons (Fsp3) is 0.250. The van der Waals surface area contributed by atoms with E-state index < -0.39 is 6.10 Å². The van der Waals surface area contributed by atoms with Crippen molar-refractivity contribution < 1.29 is 5.11 Å². The lowest BCUT2D eigenvalue weighted by molar-refractivity contribution is 0.233. The minimum absolute atomic E-state index is 0.414. The lowest BCUT2D eigenvalue weighted by Crippen LogP contribution is -2.06. The molecule has 1 N–H and O–H groups in total. The maximum Gasteiger partial charge on any atom is 0.118 e. The van der Waals surface area contributed by atoms with Crippen LogP contribution >= 0.6 is 0 Å². The molecular formula is C8H8N2O. The number of terminal acetylenes is 1. The van der Waals surface area contributed by atoms with Crippen molar-refractivity contribution in [2.45, 2.75) is 12.5 Å². The Morgan fingerprint density at radius 1 is 1.55 bits per heavy atom. The third kappa shape index (κ3) is 2.36. The van der Waals surface area contributed by atoms with Crippen LogP contribution in [0, 0.1) is 12.3 Å². The summed E-state index contributed by atoms with van der Waals surface area (Å²) in [6, 6.07) is 0. The van der Waals surface area contributed by atoms with Gasteiger partial charge in [0.15, 0.2) is 0 Å². The molecule has 3 heteroatoms. The smallest absolute Gasteiger partial charge is 0.118 e. The van der Waals surface area contributed by atoms with E-state index in [1.165, 1.54) is 6.33 Å². The Morgan fingerprint density at radius 3 is 2.73 bits per heavy atom. The highest BCUT2D eigenvalue weighted by molar-refractivity contribution is 5.08. The molecule has 1 unspecified atom stereocenters. The molecule has 3 nitrogen and oxygen atoms in total. The molecular weight excluding hydrogens is 140 g/mol. The van der Waals surface area contributed by atoms with Gasteiger partial charge in [-0.15, -0.1) is 6.42 Å². The number of rotatable bonds is 2. The maximum atomic E-state index is 9.02. The van der Waals surface area contributed by atoms with E-state index >= 15 is 0 Å². The van der Waals surface area contributed by atoms with Crippen LogP contribution in [0.1, 0.15) is 5.56 Å². The van der Waals surface area contributed by atoms with Gasteiger partial charge in [-0.3, -0.25) is 0 Å². The van der Waals surface area contributed by atoms with Crippen LogP contribution in [-0.2, 0) is 6.42 Å². The summed E-state index contributed by atoms with van der Waals surface area (Å²) in [5, 5.41) is 9.02. The maximum absolute atomic E-state index is 9.02. The second kappa shape index (κ2) is 3.69. The zero-order chi connectivity index (χ0) is 8.10. The van der Waals surface area contributed by atoms with Gasteiger partial charge in [-0.2, -0.15) is 0 Å². The summed E-state index contributed by atoms with van der Waals surface area (Å²) in [4.78, 5) is 7.56. The third-order valence-electron chi connectivity index (χ3n) is 1.24. The number of aliphatic hydroxyl groups excluding tert-OH is 1. The molecule has 1 atom stereocenters. The summed E-state index contributed by atoms with van der Waals surface area (Å²) < 4.78 is 0. The van der Waals surface area contributed by atoms with Gasteiger partial charge in [-0.05, 0) is 5.56 Å². The summed E-state index contributed by atoms with van der Waals surface area (Å²) in [5.74, 6) is 2.21. The molecule has 1 aromatic rings. The Hall–Kier alpha value is -1.40. The van der Waals surface area contributed by atoms with Gasteiger partial charge in [0.1, 0.15) is 12.4 Å². The van der Waals surface area contributed by atoms with Crippen LogP contribution in [0.2, 0.25) is 0 Å². The first-order valence-corrected chi connectivity index (χ1v) is 3.21. The third-order valence-corrected chi connectivity index (χ3v) is 1.24. The SMILES string of the molecule is C#CC(O)Cc1cncnc1. The summed E-state index contributed by atoms with van der Waals surface area (Å²) in [5.41, 5.74) is 0.845. The predicted molar refractivity (Wildman–Crippen MR) is 40.6 cm³/mol. The van der Waals surface area contributed by atoms with E-state index in [1.54, 1.807) is 12.4 Å². The lowest BCUT2D eigenvalue weighted by atomic mass is 10.2. The predicted octanol–water partition coefficient (Wildman–Crippen LogP) is 0.0132. The second-order valence-electron chi connectivity index (χ2n) is 2.13. The molecule has 0 aromatic carbocycles. The first-order valence-electron chi connectivity index (χ1n) is 3.21. The second-order valence-corrected chi connectivity index (χ2v) is 2.13. The highest BCUT2D eigenvalue weighted by atomic mass is 16.3. The molecule has 0 spiro atoms. The zero-order valence-corrected chi connectivity index (χ0v) is 5.94. The van der Waals surface area contributed by atoms with E-state index in [4.69, 9.17) is 11.5 Å². The fourth-order valence-electron chi connectivity index (χ4n) is 0.718. The number of aromatic nitrogens is 2. The van der Waals surface area contributed by atoms with Crippen molar-refractivity contribution in [2.24, 2.45) is 0 Å². The average Bonchev–Trinajstić information content (AvgIpc) is 2.06. The van der Waals surface area contributed by atoms with Crippen LogP contribution in [-0.4, -0.2) is 21.2 Å². The van der Waals surface area contributed by atoms with Gasteiger partial charge >= 0.3 is 0 Å². The first-order chi connectivity index (χ1) is 5.33. The van der Waals surface area contributed by atoms with Crippen LogP contribution in [0.15, 0.2) is 18.7 Å². The van der Waals surface area contributed by atoms with E-state index in [0.717, 1.165) is 5.56 Å². The molecule has 0 amide bonds. The Labute approximate surface area is 65.1 Å². The largest absolute Gasteiger partial charge is 0.380 e. The minimum atomic E-state index is -0.735. The Morgan fingerprint density at radius 2 is 2.18 bits per heavy atom. The van der Waals surface area contributed by atoms with Crippen molar-refractivity contribution >= 4 is 0 Å². The van der Waals surface area contributed by atoms with Crippen molar-refractivity contribution in [1.82, 2.24) is 9.97 Å². The van der Waals surface area contributed by atoms with Crippen molar-refractivity contribution in [1.29, 1.82) is 0 Å². The molecule has 0 aliphatic carbocycles. The molecule has 0 saturated heterocycles. The Balaban J connectivity index is 2.60. The average molecular weight is 148 g/mol. The number of nitrogens with zero attached hydrogens (tertiary/aromatic N) is 2. The topological polar surface area (TPSA) is 46.0 Å². The Kier molecular flexibility index (Phi) is 2.59. The summed E-state index contributed by atoms with van der Waals surface area (Å²) in [7, 11) is 0. The molecule has 0 saturated carbocycles. The number of hydrogen-bond donors (Lipinski definition) is 1. The van der Waals surface area contributed by atoms with Crippen LogP contribution in [0.4, 0.5) is 0 Å². The van der Waals surface area contributed by atoms with E-state index in [2.05, 4.69) is 15.9 Å². The summed E-state index contributed by atoms with van der Waals surface area (Å²) in [6.45, 7) is 0. The Bertz CT molecular complexity index is 253. The van der Waals surface area contributed by atoms with E-state index in [0.29, 0.717) is 6.42 Å². The number of aliphatic hydroxyl groups is 1. The van der Waals surface area contributed by atoms with Crippen molar-refractivity contribution in [3.63, 3.8) is 0 Å². The lowest BCUT2D eigenvalue weighted by Gasteiger charge is -2.00. The van der Waals surface area contributed by atoms with Crippen LogP contribution in [0.3, 0.4) is 0 Å². The van der Waals surface area contributed by atoms with Crippen LogP contribution in [0.5, 0.6) is 0 Å². The fourth-order valence-corrected chi connectivity index (χ4v) is 0.718. The molecule has 0 aliphatic rings. The van der Waals surface area contributed by atoms with Crippen LogP contribution in [0.25, 0.3) is 0 Å². The molecule has 1 heterocycles. The van der Waals surface area contributed by atoms with Gasteiger partial charge in [0.25, 0.3) is 0 Å². The van der Waals surface area contributed by atoms with Crippen molar-refractivity contribution in [3.05, 3.63) is 24.3 Å². The standard InChI is InChI=1S/C8H8N2O/c1-2-8(11)3-7-4-9-6-10-5-7/h1,4-6,8,11H,3H2. The minimum Gasteiger partial charge on any atom is -0.380 e. The van der Waals surface area contributed by atoms with E-state index in [9.17, 15) is 0 Å². The van der Waals surface area contributed by atoms with Gasteiger partial charge in [-0.1, -0.05) is 5.92 Å². The van der Waals surface area contributed by atoms with Crippen molar-refractivity contribution in [2.75, 3.05) is 0 Å². The van der Waals surface area contributed by atoms with Crippen molar-refractivity contribution in [3.8, 4) is 12.3 Å². The summed E-state index contributed by atoms with van der Waals surface area (Å²) in [6.07, 6.45) is 9.36. The molecule has 1 aromatic heterocycles. The highest BCUT2D eigenvalue weighted by Gasteiger charge is 1.99. The normalized spacial score (nSPS) is 12.0. The molecule has 0 aliphatic heterocycles. The van der Waals surface area contributed by atoms with E-state index in [1.807, 2.05) is 0 Å². The molecule has 11 heavy (non-hydrogen) atoms. The van der Waals surface area contributed by atoms with Gasteiger partial charge < -0.3 is 5.11 Å². The van der Waals surface area contributed by atoms with Gasteiger partial charge in [0.2, 0.25) is 0 Å². The van der Waals surface area contributed by atoms with Crippen LogP contribution < -0.4 is 0 Å². The summed E-state index contributed by atoms with van der Waals surface area (Å²) >= 11 is 0. The van der Waals surface area contributed by atoms with Gasteiger partial charge in [0, 0.05) is 18.8 Å². The monoisotopic (exact) mass is 148 g/mol. The molecule has 0 bridgehead atoms. The quantitative estimate of drug-likeness (QED) is 0.601. The molecule has 0 radical (unpaired) electrons. The molecule has 0 fully saturated rings. The number of hydrogen-bond acceptors (Lipinski definition) is 3. The van der Waals surface area contributed by atoms with E-state index in [-0.39, 0.29) is 0 Å². The zero-order valence-electron chi connectivity index (χ0n) is 5.94. The molecule has 1 rings (SSSR count). The van der Waals surface area contributed by atoms with Gasteiger partial charge in [0.05, 0.1) is 0 Å². The molecule has 56 valence electrons. The first kappa shape index (κ1) is 7.70. The highest BCUT2D eigenvalue weighted by Crippen LogP contribution is 1.97.